The Hall–Kier alpha value is -2.59. The predicted octanol–water partition coefficient (Wildman–Crippen LogP) is 5.52. The van der Waals surface area contributed by atoms with Gasteiger partial charge in [0.05, 0.1) is 0 Å². The Balaban J connectivity index is 1.69. The zero-order valence-electron chi connectivity index (χ0n) is 20.2. The Kier molecular flexibility index (Phi) is 8.92. The Morgan fingerprint density at radius 1 is 1.03 bits per heavy atom. The van der Waals surface area contributed by atoms with Crippen molar-refractivity contribution in [3.8, 4) is 0 Å². The summed E-state index contributed by atoms with van der Waals surface area (Å²) in [6, 6.07) is 19.2. The van der Waals surface area contributed by atoms with E-state index in [4.69, 9.17) is 0 Å². The fourth-order valence-corrected chi connectivity index (χ4v) is 4.68. The third-order valence-electron chi connectivity index (χ3n) is 6.54. The second-order valence-electron chi connectivity index (χ2n) is 8.94. The van der Waals surface area contributed by atoms with Crippen LogP contribution in [0.5, 0.6) is 0 Å². The average molecular weight is 434 g/mol. The minimum atomic E-state index is 0.145. The van der Waals surface area contributed by atoms with E-state index in [1.165, 1.54) is 22.0 Å². The van der Waals surface area contributed by atoms with Crippen LogP contribution in [0, 0.1) is 0 Å². The largest absolute Gasteiger partial charge is 0.354 e. The first-order valence-corrected chi connectivity index (χ1v) is 12.1. The maximum Gasteiger partial charge on any atom is 0.220 e. The third-order valence-corrected chi connectivity index (χ3v) is 6.54. The van der Waals surface area contributed by atoms with Gasteiger partial charge in [0.15, 0.2) is 0 Å². The van der Waals surface area contributed by atoms with Crippen molar-refractivity contribution in [3.05, 3.63) is 71.9 Å². The van der Waals surface area contributed by atoms with Crippen LogP contribution in [0.15, 0.2) is 60.8 Å². The van der Waals surface area contributed by atoms with Crippen LogP contribution < -0.4 is 5.32 Å². The Morgan fingerprint density at radius 3 is 2.44 bits per heavy atom. The molecule has 2 unspecified atom stereocenters. The number of rotatable bonds is 12. The van der Waals surface area contributed by atoms with Crippen LogP contribution in [-0.4, -0.2) is 41.1 Å². The first-order valence-electron chi connectivity index (χ1n) is 12.1. The molecule has 0 saturated heterocycles. The summed E-state index contributed by atoms with van der Waals surface area (Å²) in [7, 11) is 2.09. The van der Waals surface area contributed by atoms with Crippen LogP contribution in [0.3, 0.4) is 0 Å². The lowest BCUT2D eigenvalue weighted by atomic mass is 9.88. The summed E-state index contributed by atoms with van der Waals surface area (Å²) in [5, 5.41) is 4.51. The van der Waals surface area contributed by atoms with Gasteiger partial charge in [-0.25, -0.2) is 0 Å². The van der Waals surface area contributed by atoms with E-state index in [-0.39, 0.29) is 17.9 Å². The van der Waals surface area contributed by atoms with E-state index in [2.05, 4.69) is 97.3 Å². The first-order chi connectivity index (χ1) is 15.5. The number of carbonyl (C=O) groups excluding carboxylic acids is 1. The van der Waals surface area contributed by atoms with Crippen LogP contribution in [0.4, 0.5) is 0 Å². The molecule has 2 aromatic carbocycles. The van der Waals surface area contributed by atoms with E-state index >= 15 is 0 Å². The quantitative estimate of drug-likeness (QED) is 0.408. The summed E-state index contributed by atoms with van der Waals surface area (Å²) in [5.41, 5.74) is 3.74. The standard InChI is InChI=1S/C28H39N3O/c1-5-31(6-2)18-12-13-22(3)29-28(32)20-24(19-23-14-8-7-9-15-23)26-21-30(4)27-17-11-10-16-25(26)27/h7-11,14-17,21-22,24H,5-6,12-13,18-20H2,1-4H3,(H,29,32). The highest BCUT2D eigenvalue weighted by Gasteiger charge is 2.21. The number of amides is 1. The molecule has 0 bridgehead atoms. The molecule has 0 radical (unpaired) electrons. The molecule has 0 spiro atoms. The van der Waals surface area contributed by atoms with E-state index in [0.717, 1.165) is 38.9 Å². The molecular formula is C28H39N3O. The van der Waals surface area contributed by atoms with E-state index in [0.29, 0.717) is 6.42 Å². The number of carbonyl (C=O) groups is 1. The van der Waals surface area contributed by atoms with Crippen molar-refractivity contribution in [1.82, 2.24) is 14.8 Å². The number of nitrogens with one attached hydrogen (secondary N) is 1. The van der Waals surface area contributed by atoms with Crippen molar-refractivity contribution in [2.75, 3.05) is 19.6 Å². The fraction of sp³-hybridized carbons (Fsp3) is 0.464. The zero-order chi connectivity index (χ0) is 22.9. The summed E-state index contributed by atoms with van der Waals surface area (Å²) in [5.74, 6) is 0.292. The molecular weight excluding hydrogens is 394 g/mol. The van der Waals surface area contributed by atoms with Gasteiger partial charge in [-0.1, -0.05) is 62.4 Å². The second kappa shape index (κ2) is 11.9. The van der Waals surface area contributed by atoms with Crippen molar-refractivity contribution in [2.24, 2.45) is 7.05 Å². The molecule has 0 saturated carbocycles. The lowest BCUT2D eigenvalue weighted by molar-refractivity contribution is -0.122. The Labute approximate surface area is 193 Å². The molecule has 1 N–H and O–H groups in total. The molecule has 4 nitrogen and oxygen atoms in total. The fourth-order valence-electron chi connectivity index (χ4n) is 4.68. The van der Waals surface area contributed by atoms with Crippen LogP contribution >= 0.6 is 0 Å². The summed E-state index contributed by atoms with van der Waals surface area (Å²) in [6.45, 7) is 9.81. The van der Waals surface area contributed by atoms with Crippen LogP contribution in [0.1, 0.15) is 57.1 Å². The van der Waals surface area contributed by atoms with E-state index in [1.54, 1.807) is 0 Å². The molecule has 172 valence electrons. The molecule has 2 atom stereocenters. The third kappa shape index (κ3) is 6.46. The monoisotopic (exact) mass is 433 g/mol. The highest BCUT2D eigenvalue weighted by Crippen LogP contribution is 2.32. The second-order valence-corrected chi connectivity index (χ2v) is 8.94. The molecule has 1 heterocycles. The highest BCUT2D eigenvalue weighted by atomic mass is 16.1. The van der Waals surface area contributed by atoms with Crippen molar-refractivity contribution in [3.63, 3.8) is 0 Å². The number of aromatic nitrogens is 1. The van der Waals surface area contributed by atoms with Gasteiger partial charge in [0, 0.05) is 36.6 Å². The van der Waals surface area contributed by atoms with E-state index in [9.17, 15) is 4.79 Å². The van der Waals surface area contributed by atoms with Gasteiger partial charge in [-0.3, -0.25) is 4.79 Å². The van der Waals surface area contributed by atoms with Gasteiger partial charge in [0.2, 0.25) is 5.91 Å². The molecule has 3 rings (SSSR count). The molecule has 32 heavy (non-hydrogen) atoms. The number of benzene rings is 2. The smallest absolute Gasteiger partial charge is 0.220 e. The molecule has 3 aromatic rings. The summed E-state index contributed by atoms with van der Waals surface area (Å²) in [6.07, 6.45) is 5.70. The van der Waals surface area contributed by atoms with Crippen LogP contribution in [-0.2, 0) is 18.3 Å². The summed E-state index contributed by atoms with van der Waals surface area (Å²) in [4.78, 5) is 15.5. The van der Waals surface area contributed by atoms with E-state index in [1.807, 2.05) is 6.07 Å². The number of nitrogens with zero attached hydrogens (tertiary/aromatic N) is 2. The van der Waals surface area contributed by atoms with Crippen LogP contribution in [0.2, 0.25) is 0 Å². The topological polar surface area (TPSA) is 37.3 Å². The Morgan fingerprint density at radius 2 is 1.72 bits per heavy atom. The minimum absolute atomic E-state index is 0.145. The van der Waals surface area contributed by atoms with Gasteiger partial charge in [-0.15, -0.1) is 0 Å². The van der Waals surface area contributed by atoms with Gasteiger partial charge in [0.1, 0.15) is 0 Å². The first kappa shape index (κ1) is 24.1. The molecule has 0 aliphatic carbocycles. The van der Waals surface area contributed by atoms with Crippen molar-refractivity contribution < 1.29 is 4.79 Å². The number of hydrogen-bond acceptors (Lipinski definition) is 2. The minimum Gasteiger partial charge on any atom is -0.354 e. The number of aryl methyl sites for hydroxylation is 1. The maximum absolute atomic E-state index is 13.1. The normalized spacial score (nSPS) is 13.4. The molecule has 0 aliphatic heterocycles. The number of hydrogen-bond donors (Lipinski definition) is 1. The molecule has 1 amide bonds. The molecule has 1 aromatic heterocycles. The van der Waals surface area contributed by atoms with Gasteiger partial charge < -0.3 is 14.8 Å². The lowest BCUT2D eigenvalue weighted by Crippen LogP contribution is -2.34. The number of para-hydroxylation sites is 1. The number of fused-ring (bicyclic) bond motifs is 1. The summed E-state index contributed by atoms with van der Waals surface area (Å²) < 4.78 is 2.18. The van der Waals surface area contributed by atoms with Crippen molar-refractivity contribution in [2.45, 2.75) is 58.4 Å². The highest BCUT2D eigenvalue weighted by molar-refractivity contribution is 5.86. The van der Waals surface area contributed by atoms with Gasteiger partial charge >= 0.3 is 0 Å². The SMILES string of the molecule is CCN(CC)CCCC(C)NC(=O)CC(Cc1ccccc1)c1cn(C)c2ccccc12. The van der Waals surface area contributed by atoms with Gasteiger partial charge in [0.25, 0.3) is 0 Å². The molecule has 0 aliphatic rings. The molecule has 0 fully saturated rings. The van der Waals surface area contributed by atoms with Crippen LogP contribution in [0.25, 0.3) is 10.9 Å². The lowest BCUT2D eigenvalue weighted by Gasteiger charge is -2.21. The predicted molar refractivity (Wildman–Crippen MR) is 135 cm³/mol. The van der Waals surface area contributed by atoms with Gasteiger partial charge in [-0.2, -0.15) is 0 Å². The van der Waals surface area contributed by atoms with E-state index < -0.39 is 0 Å². The zero-order valence-corrected chi connectivity index (χ0v) is 20.2. The Bertz CT molecular complexity index is 975. The maximum atomic E-state index is 13.1. The molecule has 4 heteroatoms. The summed E-state index contributed by atoms with van der Waals surface area (Å²) >= 11 is 0. The van der Waals surface area contributed by atoms with Crippen molar-refractivity contribution >= 4 is 16.8 Å². The van der Waals surface area contributed by atoms with Gasteiger partial charge in [-0.05, 0) is 68.9 Å². The average Bonchev–Trinajstić information content (AvgIpc) is 3.14. The van der Waals surface area contributed by atoms with Crippen molar-refractivity contribution in [1.29, 1.82) is 0 Å².